The maximum atomic E-state index is 11.9. The molecule has 6 heteroatoms. The number of hydrogen-bond donors (Lipinski definition) is 2. The van der Waals surface area contributed by atoms with Gasteiger partial charge >= 0.3 is 6.01 Å². The summed E-state index contributed by atoms with van der Waals surface area (Å²) >= 11 is 1.27. The van der Waals surface area contributed by atoms with E-state index in [1.54, 1.807) is 18.4 Å². The van der Waals surface area contributed by atoms with Crippen molar-refractivity contribution in [3.05, 3.63) is 33.8 Å². The van der Waals surface area contributed by atoms with Gasteiger partial charge in [-0.1, -0.05) is 11.8 Å². The van der Waals surface area contributed by atoms with E-state index in [4.69, 9.17) is 9.52 Å². The minimum absolute atomic E-state index is 0.159. The predicted molar refractivity (Wildman–Crippen MR) is 67.5 cm³/mol. The Kier molecular flexibility index (Phi) is 3.77. The van der Waals surface area contributed by atoms with Crippen LogP contribution in [0.15, 0.2) is 22.1 Å². The topological polar surface area (TPSA) is 75.4 Å². The molecule has 0 saturated carbocycles. The second kappa shape index (κ2) is 5.49. The smallest absolute Gasteiger partial charge is 0.301 e. The van der Waals surface area contributed by atoms with Crippen molar-refractivity contribution in [1.29, 1.82) is 0 Å². The molecular formula is C12H10N2O3S. The molecule has 2 aromatic heterocycles. The van der Waals surface area contributed by atoms with Crippen molar-refractivity contribution in [3.63, 3.8) is 0 Å². The maximum absolute atomic E-state index is 11.9. The molecule has 0 bridgehead atoms. The van der Waals surface area contributed by atoms with Crippen molar-refractivity contribution < 1.29 is 14.3 Å². The van der Waals surface area contributed by atoms with Crippen LogP contribution in [0.3, 0.4) is 0 Å². The zero-order valence-electron chi connectivity index (χ0n) is 9.56. The van der Waals surface area contributed by atoms with Gasteiger partial charge in [-0.3, -0.25) is 10.1 Å². The molecule has 0 aliphatic carbocycles. The molecular weight excluding hydrogens is 252 g/mol. The first-order chi connectivity index (χ1) is 8.70. The molecule has 0 aliphatic rings. The molecule has 2 aromatic rings. The zero-order chi connectivity index (χ0) is 13.0. The Hall–Kier alpha value is -2.10. The van der Waals surface area contributed by atoms with Crippen LogP contribution in [0.2, 0.25) is 0 Å². The van der Waals surface area contributed by atoms with Gasteiger partial charge in [0.05, 0.1) is 5.69 Å². The number of aliphatic hydroxyl groups excluding tert-OH is 1. The summed E-state index contributed by atoms with van der Waals surface area (Å²) < 4.78 is 5.04. The number of hydrogen-bond acceptors (Lipinski definition) is 5. The summed E-state index contributed by atoms with van der Waals surface area (Å²) in [5, 5.41) is 12.9. The number of aliphatic hydroxyl groups is 1. The summed E-state index contributed by atoms with van der Waals surface area (Å²) in [6, 6.07) is 1.88. The molecule has 2 heterocycles. The minimum atomic E-state index is -0.325. The number of thiophene rings is 1. The number of anilines is 1. The van der Waals surface area contributed by atoms with E-state index in [1.165, 1.54) is 17.6 Å². The number of carbonyl (C=O) groups is 1. The molecule has 0 radical (unpaired) electrons. The largest absolute Gasteiger partial charge is 0.432 e. The van der Waals surface area contributed by atoms with E-state index in [9.17, 15) is 4.79 Å². The van der Waals surface area contributed by atoms with Crippen LogP contribution in [0.1, 0.15) is 20.9 Å². The van der Waals surface area contributed by atoms with E-state index in [-0.39, 0.29) is 18.5 Å². The Morgan fingerprint density at radius 1 is 1.67 bits per heavy atom. The standard InChI is InChI=1S/C12H10N2O3S/c1-8-7-17-12(13-8)14-11(16)10-9(3-2-5-15)4-6-18-10/h4,6-7,15H,5H2,1H3,(H,13,14,16). The molecule has 0 unspecified atom stereocenters. The Morgan fingerprint density at radius 3 is 3.17 bits per heavy atom. The maximum Gasteiger partial charge on any atom is 0.301 e. The number of rotatable bonds is 2. The van der Waals surface area contributed by atoms with Crippen LogP contribution in [0.25, 0.3) is 0 Å². The number of aryl methyl sites for hydroxylation is 1. The van der Waals surface area contributed by atoms with E-state index in [0.29, 0.717) is 16.1 Å². The third-order valence-electron chi connectivity index (χ3n) is 2.01. The summed E-state index contributed by atoms with van der Waals surface area (Å²) in [5.74, 6) is 4.90. The van der Waals surface area contributed by atoms with Crippen LogP contribution in [-0.2, 0) is 0 Å². The molecule has 5 nitrogen and oxygen atoms in total. The fraction of sp³-hybridized carbons (Fsp3) is 0.167. The first-order valence-electron chi connectivity index (χ1n) is 5.11. The molecule has 2 rings (SSSR count). The van der Waals surface area contributed by atoms with Gasteiger partial charge in [0.1, 0.15) is 17.7 Å². The average Bonchev–Trinajstić information content (AvgIpc) is 2.95. The monoisotopic (exact) mass is 262 g/mol. The van der Waals surface area contributed by atoms with Gasteiger partial charge in [-0.25, -0.2) is 0 Å². The Balaban J connectivity index is 2.16. The lowest BCUT2D eigenvalue weighted by Crippen LogP contribution is -2.11. The fourth-order valence-electron chi connectivity index (χ4n) is 1.28. The number of aromatic nitrogens is 1. The van der Waals surface area contributed by atoms with Crippen molar-refractivity contribution in [2.75, 3.05) is 11.9 Å². The van der Waals surface area contributed by atoms with Gasteiger partial charge in [0, 0.05) is 5.56 Å². The van der Waals surface area contributed by atoms with Gasteiger partial charge in [-0.2, -0.15) is 4.98 Å². The third-order valence-corrected chi connectivity index (χ3v) is 2.93. The van der Waals surface area contributed by atoms with Crippen LogP contribution in [0.4, 0.5) is 6.01 Å². The summed E-state index contributed by atoms with van der Waals surface area (Å²) in [6.45, 7) is 1.53. The first kappa shape index (κ1) is 12.4. The second-order valence-corrected chi connectivity index (χ2v) is 4.29. The van der Waals surface area contributed by atoms with Crippen molar-refractivity contribution in [1.82, 2.24) is 4.98 Å². The first-order valence-corrected chi connectivity index (χ1v) is 5.99. The average molecular weight is 262 g/mol. The van der Waals surface area contributed by atoms with Gasteiger partial charge < -0.3 is 9.52 Å². The highest BCUT2D eigenvalue weighted by atomic mass is 32.1. The highest BCUT2D eigenvalue weighted by molar-refractivity contribution is 7.12. The molecule has 0 aliphatic heterocycles. The normalized spacial score (nSPS) is 9.67. The van der Waals surface area contributed by atoms with Crippen LogP contribution < -0.4 is 5.32 Å². The Morgan fingerprint density at radius 2 is 2.50 bits per heavy atom. The third kappa shape index (κ3) is 2.77. The van der Waals surface area contributed by atoms with E-state index in [2.05, 4.69) is 22.1 Å². The van der Waals surface area contributed by atoms with Gasteiger partial charge in [0.15, 0.2) is 0 Å². The van der Waals surface area contributed by atoms with Crippen LogP contribution in [-0.4, -0.2) is 22.6 Å². The fourth-order valence-corrected chi connectivity index (χ4v) is 2.03. The van der Waals surface area contributed by atoms with Crippen LogP contribution in [0.5, 0.6) is 0 Å². The quantitative estimate of drug-likeness (QED) is 0.807. The zero-order valence-corrected chi connectivity index (χ0v) is 10.4. The van der Waals surface area contributed by atoms with Crippen molar-refractivity contribution in [2.45, 2.75) is 6.92 Å². The number of nitrogens with one attached hydrogen (secondary N) is 1. The van der Waals surface area contributed by atoms with E-state index < -0.39 is 0 Å². The lowest BCUT2D eigenvalue weighted by Gasteiger charge is -1.98. The molecule has 0 spiro atoms. The molecule has 18 heavy (non-hydrogen) atoms. The van der Waals surface area contributed by atoms with Gasteiger partial charge in [0.2, 0.25) is 0 Å². The SMILES string of the molecule is Cc1coc(NC(=O)c2sccc2C#CCO)n1. The minimum Gasteiger partial charge on any atom is -0.432 e. The van der Waals surface area contributed by atoms with E-state index >= 15 is 0 Å². The van der Waals surface area contributed by atoms with Gasteiger partial charge in [0.25, 0.3) is 5.91 Å². The summed E-state index contributed by atoms with van der Waals surface area (Å²) in [4.78, 5) is 16.4. The molecule has 1 amide bonds. The van der Waals surface area contributed by atoms with E-state index in [0.717, 1.165) is 0 Å². The molecule has 2 N–H and O–H groups in total. The predicted octanol–water partition coefficient (Wildman–Crippen LogP) is 1.64. The number of nitrogens with zero attached hydrogens (tertiary/aromatic N) is 1. The second-order valence-electron chi connectivity index (χ2n) is 3.37. The van der Waals surface area contributed by atoms with Crippen molar-refractivity contribution >= 4 is 23.3 Å². The molecule has 92 valence electrons. The van der Waals surface area contributed by atoms with Crippen LogP contribution >= 0.6 is 11.3 Å². The van der Waals surface area contributed by atoms with E-state index in [1.807, 2.05) is 0 Å². The molecule has 0 aromatic carbocycles. The molecule has 0 atom stereocenters. The van der Waals surface area contributed by atoms with Gasteiger partial charge in [-0.15, -0.1) is 11.3 Å². The lowest BCUT2D eigenvalue weighted by molar-refractivity contribution is 0.102. The number of amides is 1. The van der Waals surface area contributed by atoms with Crippen LogP contribution in [0, 0.1) is 18.8 Å². The number of oxazole rings is 1. The summed E-state index contributed by atoms with van der Waals surface area (Å²) in [6.07, 6.45) is 1.45. The highest BCUT2D eigenvalue weighted by Crippen LogP contribution is 2.17. The van der Waals surface area contributed by atoms with Gasteiger partial charge in [-0.05, 0) is 18.4 Å². The lowest BCUT2D eigenvalue weighted by atomic mass is 10.2. The van der Waals surface area contributed by atoms with Crippen molar-refractivity contribution in [3.8, 4) is 11.8 Å². The molecule has 0 fully saturated rings. The summed E-state index contributed by atoms with van der Waals surface area (Å²) in [7, 11) is 0. The number of carbonyl (C=O) groups excluding carboxylic acids is 1. The Bertz CT molecular complexity index is 619. The summed E-state index contributed by atoms with van der Waals surface area (Å²) in [5.41, 5.74) is 1.27. The van der Waals surface area contributed by atoms with Crippen molar-refractivity contribution in [2.24, 2.45) is 0 Å². The highest BCUT2D eigenvalue weighted by Gasteiger charge is 2.14. The molecule has 0 saturated heterocycles. The Labute approximate surface area is 107 Å².